The van der Waals surface area contributed by atoms with Crippen LogP contribution in [0.15, 0.2) is 46.6 Å². The lowest BCUT2D eigenvalue weighted by Crippen LogP contribution is -2.27. The highest BCUT2D eigenvalue weighted by atomic mass is 16.2. The maximum absolute atomic E-state index is 11.9. The second kappa shape index (κ2) is 8.82. The van der Waals surface area contributed by atoms with E-state index in [-0.39, 0.29) is 6.42 Å². The standard InChI is InChI=1S/C23H24N4O2/c28-22(26-24-14-16-7-9-18-3-1-5-20(18)11-16)13-23(29)27-25-15-17-8-10-19-4-2-6-21(19)12-17/h7-12,14-15H,1-6,13H2,(H,26,28)(H,27,29)/b24-14-,25-15-. The van der Waals surface area contributed by atoms with E-state index >= 15 is 0 Å². The molecule has 0 heterocycles. The van der Waals surface area contributed by atoms with E-state index in [2.05, 4.69) is 45.3 Å². The summed E-state index contributed by atoms with van der Waals surface area (Å²) in [6.07, 6.45) is 9.70. The fraction of sp³-hybridized carbons (Fsp3) is 0.304. The first-order valence-corrected chi connectivity index (χ1v) is 10.0. The molecule has 4 rings (SSSR count). The number of nitrogens with one attached hydrogen (secondary N) is 2. The second-order valence-corrected chi connectivity index (χ2v) is 7.53. The van der Waals surface area contributed by atoms with Crippen LogP contribution >= 0.6 is 0 Å². The quantitative estimate of drug-likeness (QED) is 0.453. The van der Waals surface area contributed by atoms with Gasteiger partial charge in [-0.3, -0.25) is 9.59 Å². The van der Waals surface area contributed by atoms with Crippen molar-refractivity contribution in [1.82, 2.24) is 10.9 Å². The molecule has 0 unspecified atom stereocenters. The zero-order valence-electron chi connectivity index (χ0n) is 16.3. The summed E-state index contributed by atoms with van der Waals surface area (Å²) in [5, 5.41) is 7.88. The minimum Gasteiger partial charge on any atom is -0.273 e. The molecule has 0 spiro atoms. The van der Waals surface area contributed by atoms with Gasteiger partial charge >= 0.3 is 0 Å². The maximum atomic E-state index is 11.9. The van der Waals surface area contributed by atoms with Gasteiger partial charge in [-0.05, 0) is 84.0 Å². The third-order valence-electron chi connectivity index (χ3n) is 5.37. The van der Waals surface area contributed by atoms with E-state index < -0.39 is 11.8 Å². The van der Waals surface area contributed by atoms with E-state index in [4.69, 9.17) is 0 Å². The fourth-order valence-corrected chi connectivity index (χ4v) is 3.93. The van der Waals surface area contributed by atoms with Gasteiger partial charge in [0.15, 0.2) is 0 Å². The van der Waals surface area contributed by atoms with Crippen LogP contribution < -0.4 is 10.9 Å². The predicted octanol–water partition coefficient (Wildman–Crippen LogP) is 2.65. The Bertz CT molecular complexity index is 915. The second-order valence-electron chi connectivity index (χ2n) is 7.53. The fourth-order valence-electron chi connectivity index (χ4n) is 3.93. The number of fused-ring (bicyclic) bond motifs is 2. The topological polar surface area (TPSA) is 82.9 Å². The molecule has 0 bridgehead atoms. The monoisotopic (exact) mass is 388 g/mol. The molecule has 0 saturated carbocycles. The summed E-state index contributed by atoms with van der Waals surface area (Å²) in [6, 6.07) is 12.4. The third-order valence-corrected chi connectivity index (χ3v) is 5.37. The van der Waals surface area contributed by atoms with Crippen molar-refractivity contribution < 1.29 is 9.59 Å². The molecule has 0 radical (unpaired) electrons. The smallest absolute Gasteiger partial charge is 0.249 e. The minimum absolute atomic E-state index is 0.330. The Hall–Kier alpha value is -3.28. The summed E-state index contributed by atoms with van der Waals surface area (Å²) in [5.41, 5.74) is 12.1. The van der Waals surface area contributed by atoms with E-state index in [0.29, 0.717) is 0 Å². The van der Waals surface area contributed by atoms with Crippen molar-refractivity contribution in [3.8, 4) is 0 Å². The summed E-state index contributed by atoms with van der Waals surface area (Å²) in [7, 11) is 0. The van der Waals surface area contributed by atoms with Crippen LogP contribution in [-0.2, 0) is 35.3 Å². The molecule has 29 heavy (non-hydrogen) atoms. The molecule has 0 fully saturated rings. The van der Waals surface area contributed by atoms with Crippen LogP contribution in [0.1, 0.15) is 52.6 Å². The molecule has 2 aliphatic rings. The molecule has 2 N–H and O–H groups in total. The molecule has 0 atom stereocenters. The van der Waals surface area contributed by atoms with Gasteiger partial charge in [0.2, 0.25) is 11.8 Å². The van der Waals surface area contributed by atoms with Crippen LogP contribution in [0.3, 0.4) is 0 Å². The Kier molecular flexibility index (Phi) is 5.79. The number of amides is 2. The van der Waals surface area contributed by atoms with Gasteiger partial charge in [-0.2, -0.15) is 10.2 Å². The lowest BCUT2D eigenvalue weighted by molar-refractivity contribution is -0.129. The van der Waals surface area contributed by atoms with Crippen LogP contribution in [0, 0.1) is 0 Å². The Morgan fingerprint density at radius 1 is 0.724 bits per heavy atom. The van der Waals surface area contributed by atoms with E-state index in [1.807, 2.05) is 12.1 Å². The molecule has 2 aliphatic carbocycles. The van der Waals surface area contributed by atoms with Gasteiger partial charge in [-0.1, -0.05) is 24.3 Å². The summed E-state index contributed by atoms with van der Waals surface area (Å²) in [6.45, 7) is 0. The van der Waals surface area contributed by atoms with Gasteiger partial charge in [-0.25, -0.2) is 10.9 Å². The summed E-state index contributed by atoms with van der Waals surface area (Å²) < 4.78 is 0. The van der Waals surface area contributed by atoms with Crippen molar-refractivity contribution in [3.63, 3.8) is 0 Å². The molecule has 0 aliphatic heterocycles. The first-order valence-electron chi connectivity index (χ1n) is 10.0. The molecule has 148 valence electrons. The number of carbonyl (C=O) groups is 2. The van der Waals surface area contributed by atoms with E-state index in [1.165, 1.54) is 35.1 Å². The van der Waals surface area contributed by atoms with Gasteiger partial charge < -0.3 is 0 Å². The Labute approximate surface area is 170 Å². The number of hydrazone groups is 2. The molecule has 6 nitrogen and oxygen atoms in total. The van der Waals surface area contributed by atoms with Crippen molar-refractivity contribution in [1.29, 1.82) is 0 Å². The van der Waals surface area contributed by atoms with Crippen LogP contribution in [0.25, 0.3) is 0 Å². The Morgan fingerprint density at radius 2 is 1.17 bits per heavy atom. The normalized spacial score (nSPS) is 14.9. The minimum atomic E-state index is -0.479. The van der Waals surface area contributed by atoms with Gasteiger partial charge in [-0.15, -0.1) is 0 Å². The highest BCUT2D eigenvalue weighted by Crippen LogP contribution is 2.23. The first-order chi connectivity index (χ1) is 14.2. The number of rotatable bonds is 6. The molecular weight excluding hydrogens is 364 g/mol. The number of benzene rings is 2. The summed E-state index contributed by atoms with van der Waals surface area (Å²) in [4.78, 5) is 23.7. The highest BCUT2D eigenvalue weighted by molar-refractivity contribution is 5.97. The molecule has 2 aromatic carbocycles. The number of nitrogens with zero attached hydrogens (tertiary/aromatic N) is 2. The van der Waals surface area contributed by atoms with Crippen molar-refractivity contribution in [2.24, 2.45) is 10.2 Å². The Morgan fingerprint density at radius 3 is 1.66 bits per heavy atom. The molecule has 2 amide bonds. The number of hydrogen-bond acceptors (Lipinski definition) is 4. The van der Waals surface area contributed by atoms with E-state index in [9.17, 15) is 9.59 Å². The zero-order valence-corrected chi connectivity index (χ0v) is 16.3. The lowest BCUT2D eigenvalue weighted by atomic mass is 10.1. The van der Waals surface area contributed by atoms with Crippen molar-refractivity contribution in [2.75, 3.05) is 0 Å². The van der Waals surface area contributed by atoms with Crippen molar-refractivity contribution in [2.45, 2.75) is 44.9 Å². The lowest BCUT2D eigenvalue weighted by Gasteiger charge is -2.02. The molecule has 2 aromatic rings. The van der Waals surface area contributed by atoms with E-state index in [1.54, 1.807) is 12.4 Å². The predicted molar refractivity (Wildman–Crippen MR) is 113 cm³/mol. The first kappa shape index (κ1) is 19.1. The van der Waals surface area contributed by atoms with Gasteiger partial charge in [0.25, 0.3) is 0 Å². The number of hydrogen-bond donors (Lipinski definition) is 2. The number of aryl methyl sites for hydroxylation is 4. The van der Waals surface area contributed by atoms with Gasteiger partial charge in [0, 0.05) is 0 Å². The van der Waals surface area contributed by atoms with Crippen LogP contribution in [0.2, 0.25) is 0 Å². The average molecular weight is 388 g/mol. The van der Waals surface area contributed by atoms with Crippen LogP contribution in [0.4, 0.5) is 0 Å². The molecule has 0 saturated heterocycles. The van der Waals surface area contributed by atoms with Gasteiger partial charge in [0.05, 0.1) is 12.4 Å². The average Bonchev–Trinajstić information content (AvgIpc) is 3.36. The third kappa shape index (κ3) is 4.96. The Balaban J connectivity index is 1.21. The van der Waals surface area contributed by atoms with Crippen LogP contribution in [-0.4, -0.2) is 24.2 Å². The van der Waals surface area contributed by atoms with Crippen molar-refractivity contribution >= 4 is 24.2 Å². The molecular formula is C23H24N4O2. The SMILES string of the molecule is O=C(CC(=O)N/N=C\c1ccc2c(c1)CCC2)N/N=C\c1ccc2c(c1)CCC2. The summed E-state index contributed by atoms with van der Waals surface area (Å²) >= 11 is 0. The molecule has 0 aromatic heterocycles. The van der Waals surface area contributed by atoms with Crippen LogP contribution in [0.5, 0.6) is 0 Å². The van der Waals surface area contributed by atoms with Crippen molar-refractivity contribution in [3.05, 3.63) is 69.8 Å². The largest absolute Gasteiger partial charge is 0.273 e. The molecule has 6 heteroatoms. The summed E-state index contributed by atoms with van der Waals surface area (Å²) in [5.74, 6) is -0.958. The maximum Gasteiger partial charge on any atom is 0.249 e. The van der Waals surface area contributed by atoms with E-state index in [0.717, 1.165) is 36.8 Å². The zero-order chi connectivity index (χ0) is 20.1. The number of carbonyl (C=O) groups excluding carboxylic acids is 2. The van der Waals surface area contributed by atoms with Gasteiger partial charge in [0.1, 0.15) is 6.42 Å². The highest BCUT2D eigenvalue weighted by Gasteiger charge is 2.11.